The summed E-state index contributed by atoms with van der Waals surface area (Å²) in [5.74, 6) is -1.26. The van der Waals surface area contributed by atoms with Gasteiger partial charge in [-0.05, 0) is 44.6 Å². The first-order valence-corrected chi connectivity index (χ1v) is 10.7. The molecule has 0 bridgehead atoms. The van der Waals surface area contributed by atoms with Crippen LogP contribution in [0.1, 0.15) is 54.2 Å². The number of carbonyl (C=O) groups excluding carboxylic acids is 1. The highest BCUT2D eigenvalue weighted by atomic mass is 16.4. The number of aromatic nitrogens is 2. The van der Waals surface area contributed by atoms with Crippen molar-refractivity contribution in [3.8, 4) is 0 Å². The molecule has 2 heterocycles. The van der Waals surface area contributed by atoms with Gasteiger partial charge in [-0.1, -0.05) is 37.3 Å². The fourth-order valence-corrected chi connectivity index (χ4v) is 4.31. The van der Waals surface area contributed by atoms with Gasteiger partial charge in [-0.15, -0.1) is 0 Å². The largest absolute Gasteiger partial charge is 0.481 e. The van der Waals surface area contributed by atoms with E-state index in [2.05, 4.69) is 5.10 Å². The summed E-state index contributed by atoms with van der Waals surface area (Å²) in [6.07, 6.45) is 3.61. The van der Waals surface area contributed by atoms with Gasteiger partial charge in [-0.25, -0.2) is 0 Å². The van der Waals surface area contributed by atoms with E-state index in [1.807, 2.05) is 37.3 Å². The smallest absolute Gasteiger partial charge is 0.314 e. The normalized spacial score (nSPS) is 21.6. The Labute approximate surface area is 177 Å². The summed E-state index contributed by atoms with van der Waals surface area (Å²) in [6, 6.07) is 9.88. The fourth-order valence-electron chi connectivity index (χ4n) is 4.31. The van der Waals surface area contributed by atoms with Gasteiger partial charge in [0.2, 0.25) is 0 Å². The molecular weight excluding hydrogens is 382 g/mol. The molecule has 1 amide bonds. The van der Waals surface area contributed by atoms with E-state index in [1.54, 1.807) is 22.7 Å². The third kappa shape index (κ3) is 4.56. The van der Waals surface area contributed by atoms with Crippen LogP contribution in [-0.2, 0) is 17.8 Å². The zero-order valence-electron chi connectivity index (χ0n) is 17.8. The number of aryl methyl sites for hydroxylation is 3. The van der Waals surface area contributed by atoms with Gasteiger partial charge in [0.25, 0.3) is 5.91 Å². The van der Waals surface area contributed by atoms with Crippen LogP contribution >= 0.6 is 0 Å². The first-order chi connectivity index (χ1) is 14.4. The van der Waals surface area contributed by atoms with E-state index in [4.69, 9.17) is 0 Å². The maximum Gasteiger partial charge on any atom is 0.314 e. The highest BCUT2D eigenvalue weighted by molar-refractivity contribution is 5.95. The zero-order valence-corrected chi connectivity index (χ0v) is 17.8. The van der Waals surface area contributed by atoms with Crippen molar-refractivity contribution < 1.29 is 19.8 Å². The van der Waals surface area contributed by atoms with Crippen LogP contribution in [0.3, 0.4) is 0 Å². The molecule has 30 heavy (non-hydrogen) atoms. The van der Waals surface area contributed by atoms with Gasteiger partial charge in [-0.3, -0.25) is 14.3 Å². The van der Waals surface area contributed by atoms with Crippen molar-refractivity contribution in [2.75, 3.05) is 13.1 Å². The van der Waals surface area contributed by atoms with Crippen molar-refractivity contribution in [1.29, 1.82) is 0 Å². The number of likely N-dealkylation sites (tertiary alicyclic amines) is 1. The van der Waals surface area contributed by atoms with Gasteiger partial charge in [-0.2, -0.15) is 5.10 Å². The maximum atomic E-state index is 13.1. The first-order valence-electron chi connectivity index (χ1n) is 10.7. The Morgan fingerprint density at radius 2 is 2.00 bits per heavy atom. The molecule has 3 rings (SSSR count). The van der Waals surface area contributed by atoms with Crippen molar-refractivity contribution in [3.63, 3.8) is 0 Å². The van der Waals surface area contributed by atoms with Gasteiger partial charge in [0.15, 0.2) is 0 Å². The molecule has 2 atom stereocenters. The predicted octanol–water partition coefficient (Wildman–Crippen LogP) is 2.90. The molecule has 2 N–H and O–H groups in total. The van der Waals surface area contributed by atoms with Crippen molar-refractivity contribution in [1.82, 2.24) is 14.7 Å². The zero-order chi connectivity index (χ0) is 21.7. The van der Waals surface area contributed by atoms with Gasteiger partial charge >= 0.3 is 5.97 Å². The van der Waals surface area contributed by atoms with Crippen LogP contribution in [0.5, 0.6) is 0 Å². The van der Waals surface area contributed by atoms with Gasteiger partial charge in [0.1, 0.15) is 5.41 Å². The second kappa shape index (κ2) is 9.43. The number of amides is 1. The summed E-state index contributed by atoms with van der Waals surface area (Å²) in [5.41, 5.74) is 0.930. The molecule has 7 heteroatoms. The lowest BCUT2D eigenvalue weighted by Crippen LogP contribution is -2.57. The average Bonchev–Trinajstić information content (AvgIpc) is 3.10. The first kappa shape index (κ1) is 22.0. The molecule has 0 saturated carbocycles. The minimum atomic E-state index is -1.35. The number of hydrogen-bond donors (Lipinski definition) is 2. The summed E-state index contributed by atoms with van der Waals surface area (Å²) in [6.45, 7) is 4.91. The Morgan fingerprint density at radius 1 is 1.27 bits per heavy atom. The quantitative estimate of drug-likeness (QED) is 0.694. The number of hydrogen-bond acceptors (Lipinski definition) is 4. The summed E-state index contributed by atoms with van der Waals surface area (Å²) in [7, 11) is 0. The minimum absolute atomic E-state index is 0.00945. The summed E-state index contributed by atoms with van der Waals surface area (Å²) in [4.78, 5) is 27.0. The van der Waals surface area contributed by atoms with E-state index in [0.717, 1.165) is 24.9 Å². The second-order valence-corrected chi connectivity index (χ2v) is 8.22. The number of piperidine rings is 1. The van der Waals surface area contributed by atoms with Crippen molar-refractivity contribution in [3.05, 3.63) is 53.3 Å². The molecule has 0 unspecified atom stereocenters. The molecule has 0 radical (unpaired) electrons. The summed E-state index contributed by atoms with van der Waals surface area (Å²) >= 11 is 0. The molecular formula is C23H31N3O4. The van der Waals surface area contributed by atoms with Crippen LogP contribution < -0.4 is 0 Å². The molecule has 7 nitrogen and oxygen atoms in total. The number of aliphatic hydroxyl groups is 1. The predicted molar refractivity (Wildman–Crippen MR) is 113 cm³/mol. The van der Waals surface area contributed by atoms with Crippen LogP contribution in [0.4, 0.5) is 0 Å². The molecule has 1 aromatic carbocycles. The lowest BCUT2D eigenvalue weighted by atomic mass is 9.73. The molecule has 1 aromatic heterocycles. The van der Waals surface area contributed by atoms with E-state index < -0.39 is 17.5 Å². The van der Waals surface area contributed by atoms with Crippen LogP contribution in [0.2, 0.25) is 0 Å². The van der Waals surface area contributed by atoms with E-state index in [1.165, 1.54) is 0 Å². The number of carboxylic acid groups (broad SMARTS) is 1. The van der Waals surface area contributed by atoms with Gasteiger partial charge in [0, 0.05) is 25.8 Å². The summed E-state index contributed by atoms with van der Waals surface area (Å²) < 4.78 is 1.76. The topological polar surface area (TPSA) is 95.7 Å². The van der Waals surface area contributed by atoms with E-state index in [9.17, 15) is 19.8 Å². The number of nitrogens with zero attached hydrogens (tertiary/aromatic N) is 3. The second-order valence-electron chi connectivity index (χ2n) is 8.22. The molecule has 2 aromatic rings. The number of carboxylic acids is 1. The van der Waals surface area contributed by atoms with Crippen molar-refractivity contribution in [2.24, 2.45) is 5.41 Å². The van der Waals surface area contributed by atoms with E-state index in [-0.39, 0.29) is 18.9 Å². The Hall–Kier alpha value is -2.67. The van der Waals surface area contributed by atoms with Crippen LogP contribution in [0.15, 0.2) is 36.5 Å². The molecule has 0 spiro atoms. The average molecular weight is 414 g/mol. The number of rotatable bonds is 8. The Bertz CT molecular complexity index is 880. The van der Waals surface area contributed by atoms with E-state index >= 15 is 0 Å². The lowest BCUT2D eigenvalue weighted by molar-refractivity contribution is -0.162. The maximum absolute atomic E-state index is 13.1. The van der Waals surface area contributed by atoms with Crippen molar-refractivity contribution >= 4 is 11.9 Å². The van der Waals surface area contributed by atoms with Gasteiger partial charge in [0.05, 0.1) is 17.4 Å². The summed E-state index contributed by atoms with van der Waals surface area (Å²) in [5, 5.41) is 25.1. The van der Waals surface area contributed by atoms with Crippen LogP contribution in [-0.4, -0.2) is 56.0 Å². The van der Waals surface area contributed by atoms with Gasteiger partial charge < -0.3 is 15.1 Å². The lowest BCUT2D eigenvalue weighted by Gasteiger charge is -2.43. The molecule has 1 aliphatic heterocycles. The Kier molecular flexibility index (Phi) is 6.92. The third-order valence-electron chi connectivity index (χ3n) is 6.06. The molecule has 1 aliphatic rings. The standard InChI is InChI=1S/C23H31N3O4/c1-3-13-26-15-19(17(2)24-26)21(28)25-14-11-20(27)23(16-25,22(29)30)12-7-10-18-8-5-4-6-9-18/h4-6,8-9,15,20,27H,3,7,10-14,16H2,1-2H3,(H,29,30)/t20-,23+/m0/s1. The molecule has 1 saturated heterocycles. The molecule has 0 aliphatic carbocycles. The number of aliphatic hydroxyl groups excluding tert-OH is 1. The molecule has 162 valence electrons. The third-order valence-corrected chi connectivity index (χ3v) is 6.06. The number of aliphatic carboxylic acids is 1. The Balaban J connectivity index is 1.75. The van der Waals surface area contributed by atoms with E-state index in [0.29, 0.717) is 30.6 Å². The molecule has 1 fully saturated rings. The fraction of sp³-hybridized carbons (Fsp3) is 0.522. The minimum Gasteiger partial charge on any atom is -0.481 e. The highest BCUT2D eigenvalue weighted by Crippen LogP contribution is 2.36. The number of benzene rings is 1. The van der Waals surface area contributed by atoms with Crippen LogP contribution in [0, 0.1) is 12.3 Å². The van der Waals surface area contributed by atoms with Crippen molar-refractivity contribution in [2.45, 2.75) is 58.6 Å². The monoisotopic (exact) mass is 413 g/mol. The highest BCUT2D eigenvalue weighted by Gasteiger charge is 2.49. The SMILES string of the molecule is CCCn1cc(C(=O)N2CC[C@H](O)[C@](CCCc3ccccc3)(C(=O)O)C2)c(C)n1. The Morgan fingerprint density at radius 3 is 2.67 bits per heavy atom. The van der Waals surface area contributed by atoms with Crippen LogP contribution in [0.25, 0.3) is 0 Å². The number of carbonyl (C=O) groups is 2.